The van der Waals surface area contributed by atoms with E-state index in [1.165, 1.54) is 6.92 Å². The molecule has 0 N–H and O–H groups in total. The van der Waals surface area contributed by atoms with Crippen LogP contribution in [0.4, 0.5) is 0 Å². The summed E-state index contributed by atoms with van der Waals surface area (Å²) in [6.45, 7) is 3.37. The van der Waals surface area contributed by atoms with Gasteiger partial charge in [0.2, 0.25) is 0 Å². The van der Waals surface area contributed by atoms with Gasteiger partial charge in [-0.1, -0.05) is 12.2 Å². The average Bonchev–Trinajstić information content (AvgIpc) is 1.97. The van der Waals surface area contributed by atoms with E-state index >= 15 is 0 Å². The second kappa shape index (κ2) is 5.83. The van der Waals surface area contributed by atoms with Gasteiger partial charge in [-0.15, -0.1) is 0 Å². The van der Waals surface area contributed by atoms with Gasteiger partial charge < -0.3 is 4.79 Å². The molecule has 0 rings (SSSR count). The SMILES string of the molecule is CC=CCCC(C=O)C(C)=O. The van der Waals surface area contributed by atoms with Crippen molar-refractivity contribution in [1.29, 1.82) is 0 Å². The quantitative estimate of drug-likeness (QED) is 0.343. The molecule has 0 heterocycles. The number of allylic oxidation sites excluding steroid dienone is 2. The molecule has 1 unspecified atom stereocenters. The smallest absolute Gasteiger partial charge is 0.139 e. The first-order valence-corrected chi connectivity index (χ1v) is 3.79. The Bertz CT molecular complexity index is 159. The molecule has 0 spiro atoms. The monoisotopic (exact) mass is 154 g/mol. The summed E-state index contributed by atoms with van der Waals surface area (Å²) in [6, 6.07) is 0. The highest BCUT2D eigenvalue weighted by molar-refractivity contribution is 5.91. The Labute approximate surface area is 67.3 Å². The van der Waals surface area contributed by atoms with Crippen molar-refractivity contribution in [3.05, 3.63) is 12.2 Å². The molecule has 62 valence electrons. The second-order valence-corrected chi connectivity index (χ2v) is 2.50. The highest BCUT2D eigenvalue weighted by Gasteiger charge is 2.10. The molecule has 0 aromatic carbocycles. The van der Waals surface area contributed by atoms with Gasteiger partial charge in [0.15, 0.2) is 0 Å². The summed E-state index contributed by atoms with van der Waals surface area (Å²) < 4.78 is 0. The van der Waals surface area contributed by atoms with Crippen LogP contribution in [0.3, 0.4) is 0 Å². The van der Waals surface area contributed by atoms with Gasteiger partial charge in [0.1, 0.15) is 12.1 Å². The van der Waals surface area contributed by atoms with Crippen LogP contribution in [0.15, 0.2) is 12.2 Å². The van der Waals surface area contributed by atoms with E-state index in [0.29, 0.717) is 6.42 Å². The van der Waals surface area contributed by atoms with E-state index < -0.39 is 5.92 Å². The number of rotatable bonds is 5. The topological polar surface area (TPSA) is 34.1 Å². The maximum atomic E-state index is 10.7. The second-order valence-electron chi connectivity index (χ2n) is 2.50. The lowest BCUT2D eigenvalue weighted by atomic mass is 10.0. The van der Waals surface area contributed by atoms with E-state index in [1.807, 2.05) is 19.1 Å². The first-order chi connectivity index (χ1) is 5.22. The van der Waals surface area contributed by atoms with E-state index in [1.54, 1.807) is 0 Å². The summed E-state index contributed by atoms with van der Waals surface area (Å²) in [5.41, 5.74) is 0. The molecular weight excluding hydrogens is 140 g/mol. The Hall–Kier alpha value is -0.920. The number of aldehydes is 1. The minimum absolute atomic E-state index is 0.0375. The molecule has 0 aromatic heterocycles. The molecule has 0 fully saturated rings. The van der Waals surface area contributed by atoms with Crippen LogP contribution in [0.2, 0.25) is 0 Å². The number of carbonyl (C=O) groups excluding carboxylic acids is 2. The molecule has 11 heavy (non-hydrogen) atoms. The molecular formula is C9H14O2. The van der Waals surface area contributed by atoms with Crippen LogP contribution in [-0.2, 0) is 9.59 Å². The number of hydrogen-bond acceptors (Lipinski definition) is 2. The molecule has 0 amide bonds. The minimum atomic E-state index is -0.397. The van der Waals surface area contributed by atoms with Gasteiger partial charge in [-0.2, -0.15) is 0 Å². The van der Waals surface area contributed by atoms with Gasteiger partial charge >= 0.3 is 0 Å². The fourth-order valence-electron chi connectivity index (χ4n) is 0.810. The van der Waals surface area contributed by atoms with Crippen molar-refractivity contribution in [3.8, 4) is 0 Å². The molecule has 0 radical (unpaired) electrons. The largest absolute Gasteiger partial charge is 0.303 e. The Morgan fingerprint density at radius 2 is 2.18 bits per heavy atom. The summed E-state index contributed by atoms with van der Waals surface area (Å²) in [4.78, 5) is 21.0. The summed E-state index contributed by atoms with van der Waals surface area (Å²) in [6.07, 6.45) is 6.05. The Kier molecular flexibility index (Phi) is 5.35. The first-order valence-electron chi connectivity index (χ1n) is 3.79. The van der Waals surface area contributed by atoms with E-state index in [2.05, 4.69) is 0 Å². The number of hydrogen-bond donors (Lipinski definition) is 0. The lowest BCUT2D eigenvalue weighted by molar-refractivity contribution is -0.125. The van der Waals surface area contributed by atoms with Crippen LogP contribution in [-0.4, -0.2) is 12.1 Å². The lowest BCUT2D eigenvalue weighted by Crippen LogP contribution is -2.11. The standard InChI is InChI=1S/C9H14O2/c1-3-4-5-6-9(7-10)8(2)11/h3-4,7,9H,5-6H2,1-2H3. The summed E-state index contributed by atoms with van der Waals surface area (Å²) in [7, 11) is 0. The molecule has 0 aromatic rings. The van der Waals surface area contributed by atoms with E-state index in [4.69, 9.17) is 0 Å². The van der Waals surface area contributed by atoms with Crippen LogP contribution >= 0.6 is 0 Å². The van der Waals surface area contributed by atoms with Crippen LogP contribution in [0.25, 0.3) is 0 Å². The van der Waals surface area contributed by atoms with Crippen molar-refractivity contribution >= 4 is 12.1 Å². The third-order valence-corrected chi connectivity index (χ3v) is 1.57. The van der Waals surface area contributed by atoms with Crippen LogP contribution in [0, 0.1) is 5.92 Å². The minimum Gasteiger partial charge on any atom is -0.303 e. The zero-order chi connectivity index (χ0) is 8.69. The highest BCUT2D eigenvalue weighted by atomic mass is 16.1. The van der Waals surface area contributed by atoms with Crippen molar-refractivity contribution in [2.75, 3.05) is 0 Å². The van der Waals surface area contributed by atoms with E-state index in [-0.39, 0.29) is 5.78 Å². The molecule has 0 aliphatic carbocycles. The summed E-state index contributed by atoms with van der Waals surface area (Å²) in [5.74, 6) is -0.435. The molecule has 0 bridgehead atoms. The fourth-order valence-corrected chi connectivity index (χ4v) is 0.810. The Morgan fingerprint density at radius 1 is 1.55 bits per heavy atom. The predicted octanol–water partition coefficient (Wildman–Crippen LogP) is 1.75. The molecule has 0 aliphatic heterocycles. The van der Waals surface area contributed by atoms with Gasteiger partial charge in [-0.3, -0.25) is 4.79 Å². The van der Waals surface area contributed by atoms with Crippen molar-refractivity contribution in [2.45, 2.75) is 26.7 Å². The molecule has 2 nitrogen and oxygen atoms in total. The van der Waals surface area contributed by atoms with Crippen LogP contribution in [0.1, 0.15) is 26.7 Å². The summed E-state index contributed by atoms with van der Waals surface area (Å²) >= 11 is 0. The fraction of sp³-hybridized carbons (Fsp3) is 0.556. The number of Topliss-reactive ketones (excluding diaryl/α,β-unsaturated/α-hetero) is 1. The highest BCUT2D eigenvalue weighted by Crippen LogP contribution is 2.04. The lowest BCUT2D eigenvalue weighted by Gasteiger charge is -2.01. The van der Waals surface area contributed by atoms with Gasteiger partial charge in [0.05, 0.1) is 5.92 Å². The molecule has 1 atom stereocenters. The predicted molar refractivity (Wildman–Crippen MR) is 44.3 cm³/mol. The number of carbonyl (C=O) groups is 2. The van der Waals surface area contributed by atoms with Gasteiger partial charge in [0, 0.05) is 0 Å². The summed E-state index contributed by atoms with van der Waals surface area (Å²) in [5, 5.41) is 0. The van der Waals surface area contributed by atoms with E-state index in [9.17, 15) is 9.59 Å². The zero-order valence-corrected chi connectivity index (χ0v) is 7.04. The zero-order valence-electron chi connectivity index (χ0n) is 7.04. The molecule has 0 saturated heterocycles. The Balaban J connectivity index is 3.70. The van der Waals surface area contributed by atoms with Crippen molar-refractivity contribution in [2.24, 2.45) is 5.92 Å². The third kappa shape index (κ3) is 4.48. The van der Waals surface area contributed by atoms with Gasteiger partial charge in [-0.25, -0.2) is 0 Å². The van der Waals surface area contributed by atoms with Crippen LogP contribution in [0.5, 0.6) is 0 Å². The average molecular weight is 154 g/mol. The van der Waals surface area contributed by atoms with Crippen LogP contribution < -0.4 is 0 Å². The molecule has 0 aliphatic rings. The maximum absolute atomic E-state index is 10.7. The third-order valence-electron chi connectivity index (χ3n) is 1.57. The molecule has 0 saturated carbocycles. The van der Waals surface area contributed by atoms with E-state index in [0.717, 1.165) is 12.7 Å². The first kappa shape index (κ1) is 10.1. The van der Waals surface area contributed by atoms with Crippen molar-refractivity contribution < 1.29 is 9.59 Å². The maximum Gasteiger partial charge on any atom is 0.139 e. The number of ketones is 1. The normalized spacial score (nSPS) is 13.3. The Morgan fingerprint density at radius 3 is 2.55 bits per heavy atom. The van der Waals surface area contributed by atoms with Gasteiger partial charge in [-0.05, 0) is 26.7 Å². The van der Waals surface area contributed by atoms with Gasteiger partial charge in [0.25, 0.3) is 0 Å². The van der Waals surface area contributed by atoms with Crippen molar-refractivity contribution in [3.63, 3.8) is 0 Å². The molecule has 2 heteroatoms. The van der Waals surface area contributed by atoms with Crippen molar-refractivity contribution in [1.82, 2.24) is 0 Å².